The highest BCUT2D eigenvalue weighted by atomic mass is 32.1. The van der Waals surface area contributed by atoms with Crippen molar-refractivity contribution in [3.8, 4) is 11.3 Å². The van der Waals surface area contributed by atoms with Gasteiger partial charge in [0.2, 0.25) is 0 Å². The molecular formula is C16H19N5O2S. The van der Waals surface area contributed by atoms with E-state index < -0.39 is 5.60 Å². The zero-order chi connectivity index (χ0) is 17.3. The maximum atomic E-state index is 12.3. The lowest BCUT2D eigenvalue weighted by molar-refractivity contribution is 0.0524. The van der Waals surface area contributed by atoms with Gasteiger partial charge in [0, 0.05) is 35.9 Å². The third-order valence-electron chi connectivity index (χ3n) is 3.76. The van der Waals surface area contributed by atoms with Gasteiger partial charge in [-0.25, -0.2) is 4.98 Å². The summed E-state index contributed by atoms with van der Waals surface area (Å²) in [7, 11) is 1.78. The summed E-state index contributed by atoms with van der Waals surface area (Å²) in [5.74, 6) is -0.280. The van der Waals surface area contributed by atoms with Crippen molar-refractivity contribution < 1.29 is 9.90 Å². The predicted molar refractivity (Wildman–Crippen MR) is 91.7 cm³/mol. The van der Waals surface area contributed by atoms with E-state index in [2.05, 4.69) is 20.4 Å². The average Bonchev–Trinajstić information content (AvgIpc) is 3.24. The van der Waals surface area contributed by atoms with Gasteiger partial charge in [-0.1, -0.05) is 0 Å². The van der Waals surface area contributed by atoms with Crippen LogP contribution in [0.5, 0.6) is 0 Å². The number of nitrogens with zero attached hydrogens (tertiary/aromatic N) is 3. The highest BCUT2D eigenvalue weighted by Gasteiger charge is 2.26. The van der Waals surface area contributed by atoms with Crippen LogP contribution < -0.4 is 5.32 Å². The molecule has 0 saturated carbocycles. The number of aliphatic hydroxyl groups is 1. The molecule has 0 bridgehead atoms. The number of hydrogen-bond acceptors (Lipinski definition) is 5. The predicted octanol–water partition coefficient (Wildman–Crippen LogP) is 1.82. The van der Waals surface area contributed by atoms with Crippen LogP contribution in [0.25, 0.3) is 11.3 Å². The molecular weight excluding hydrogens is 326 g/mol. The molecule has 3 aromatic rings. The Morgan fingerprint density at radius 1 is 1.54 bits per heavy atom. The molecule has 3 aromatic heterocycles. The highest BCUT2D eigenvalue weighted by Crippen LogP contribution is 2.22. The molecule has 24 heavy (non-hydrogen) atoms. The van der Waals surface area contributed by atoms with E-state index >= 15 is 0 Å². The Morgan fingerprint density at radius 3 is 2.96 bits per heavy atom. The van der Waals surface area contributed by atoms with Crippen molar-refractivity contribution >= 4 is 17.2 Å². The van der Waals surface area contributed by atoms with Crippen LogP contribution in [-0.4, -0.2) is 37.3 Å². The number of rotatable bonds is 5. The minimum Gasteiger partial charge on any atom is -0.383 e. The molecule has 7 nitrogen and oxygen atoms in total. The number of nitrogens with one attached hydrogen (secondary N) is 2. The lowest BCUT2D eigenvalue weighted by Gasteiger charge is -2.22. The summed E-state index contributed by atoms with van der Waals surface area (Å²) >= 11 is 1.56. The van der Waals surface area contributed by atoms with Crippen molar-refractivity contribution in [1.82, 2.24) is 25.1 Å². The fourth-order valence-corrected chi connectivity index (χ4v) is 2.94. The minimum absolute atomic E-state index is 0.0850. The van der Waals surface area contributed by atoms with Gasteiger partial charge >= 0.3 is 0 Å². The van der Waals surface area contributed by atoms with E-state index in [0.29, 0.717) is 11.3 Å². The second kappa shape index (κ2) is 6.21. The molecule has 0 spiro atoms. The number of thiazole rings is 1. The molecule has 126 valence electrons. The summed E-state index contributed by atoms with van der Waals surface area (Å²) < 4.78 is 1.61. The third-order valence-corrected chi connectivity index (χ3v) is 4.54. The van der Waals surface area contributed by atoms with Gasteiger partial charge in [0.15, 0.2) is 0 Å². The zero-order valence-corrected chi connectivity index (χ0v) is 14.5. The molecule has 1 atom stereocenters. The monoisotopic (exact) mass is 345 g/mol. The minimum atomic E-state index is -1.19. The second-order valence-corrected chi connectivity index (χ2v) is 6.98. The quantitative estimate of drug-likeness (QED) is 0.657. The normalized spacial score (nSPS) is 13.7. The summed E-state index contributed by atoms with van der Waals surface area (Å²) in [6, 6.07) is 1.75. The first-order chi connectivity index (χ1) is 11.3. The molecule has 3 N–H and O–H groups in total. The van der Waals surface area contributed by atoms with Crippen molar-refractivity contribution in [3.05, 3.63) is 46.3 Å². The molecule has 3 heterocycles. The topological polar surface area (TPSA) is 95.8 Å². The highest BCUT2D eigenvalue weighted by molar-refractivity contribution is 7.09. The third kappa shape index (κ3) is 3.39. The molecule has 1 unspecified atom stereocenters. The number of carbonyl (C=O) groups is 1. The molecule has 8 heteroatoms. The zero-order valence-electron chi connectivity index (χ0n) is 13.7. The van der Waals surface area contributed by atoms with Crippen LogP contribution in [0.2, 0.25) is 0 Å². The van der Waals surface area contributed by atoms with E-state index in [4.69, 9.17) is 0 Å². The van der Waals surface area contributed by atoms with Gasteiger partial charge in [-0.15, -0.1) is 11.3 Å². The number of aromatic amines is 1. The lowest BCUT2D eigenvalue weighted by atomic mass is 10.00. The summed E-state index contributed by atoms with van der Waals surface area (Å²) in [5.41, 5.74) is 1.59. The Kier molecular flexibility index (Phi) is 4.25. The lowest BCUT2D eigenvalue weighted by Crippen LogP contribution is -2.38. The summed E-state index contributed by atoms with van der Waals surface area (Å²) in [6.45, 7) is 3.67. The van der Waals surface area contributed by atoms with Crippen LogP contribution in [0.1, 0.15) is 28.0 Å². The molecule has 0 radical (unpaired) electrons. The summed E-state index contributed by atoms with van der Waals surface area (Å²) in [4.78, 5) is 19.6. The molecule has 0 fully saturated rings. The number of amides is 1. The first-order valence-electron chi connectivity index (χ1n) is 7.46. The van der Waals surface area contributed by atoms with Crippen LogP contribution >= 0.6 is 11.3 Å². The van der Waals surface area contributed by atoms with E-state index in [1.165, 1.54) is 0 Å². The Labute approximate surface area is 143 Å². The van der Waals surface area contributed by atoms with E-state index in [-0.39, 0.29) is 12.5 Å². The van der Waals surface area contributed by atoms with Gasteiger partial charge in [-0.3, -0.25) is 9.48 Å². The summed E-state index contributed by atoms with van der Waals surface area (Å²) in [6.07, 6.45) is 5.07. The fourth-order valence-electron chi connectivity index (χ4n) is 2.32. The van der Waals surface area contributed by atoms with Crippen molar-refractivity contribution in [2.45, 2.75) is 19.4 Å². The molecule has 0 aliphatic heterocycles. The second-order valence-electron chi connectivity index (χ2n) is 5.91. The van der Waals surface area contributed by atoms with Gasteiger partial charge in [0.1, 0.15) is 11.3 Å². The fraction of sp³-hybridized carbons (Fsp3) is 0.312. The first-order valence-corrected chi connectivity index (χ1v) is 8.34. The van der Waals surface area contributed by atoms with Crippen LogP contribution in [0.15, 0.2) is 30.0 Å². The molecule has 3 rings (SSSR count). The van der Waals surface area contributed by atoms with Crippen LogP contribution in [-0.2, 0) is 12.6 Å². The number of H-pyrrole nitrogens is 1. The van der Waals surface area contributed by atoms with Crippen molar-refractivity contribution in [2.24, 2.45) is 7.05 Å². The Morgan fingerprint density at radius 2 is 2.33 bits per heavy atom. The van der Waals surface area contributed by atoms with E-state index in [1.54, 1.807) is 54.6 Å². The van der Waals surface area contributed by atoms with Gasteiger partial charge < -0.3 is 15.4 Å². The van der Waals surface area contributed by atoms with E-state index in [9.17, 15) is 9.90 Å². The largest absolute Gasteiger partial charge is 0.383 e. The number of aryl methyl sites for hydroxylation is 2. The number of aromatic nitrogens is 4. The molecule has 0 aromatic carbocycles. The Hall–Kier alpha value is -2.45. The standard InChI is InChI=1S/C16H19N5O2S/c1-10-20-14(8-24-10)11-4-13(17-5-11)15(22)18-9-16(2,23)12-6-19-21(3)7-12/h4-8,17,23H,9H2,1-3H3,(H,18,22). The molecule has 0 saturated heterocycles. The Bertz CT molecular complexity index is 861. The Balaban J connectivity index is 1.66. The van der Waals surface area contributed by atoms with Crippen LogP contribution in [0.4, 0.5) is 0 Å². The first kappa shape index (κ1) is 16.4. The molecule has 0 aliphatic rings. The van der Waals surface area contributed by atoms with Crippen molar-refractivity contribution in [1.29, 1.82) is 0 Å². The molecule has 0 aliphatic carbocycles. The smallest absolute Gasteiger partial charge is 0.267 e. The maximum Gasteiger partial charge on any atom is 0.267 e. The van der Waals surface area contributed by atoms with Crippen molar-refractivity contribution in [2.75, 3.05) is 6.54 Å². The SMILES string of the molecule is Cc1nc(-c2c[nH]c(C(=O)NCC(C)(O)c3cnn(C)c3)c2)cs1. The van der Waals surface area contributed by atoms with Crippen molar-refractivity contribution in [3.63, 3.8) is 0 Å². The van der Waals surface area contributed by atoms with E-state index in [1.807, 2.05) is 12.3 Å². The van der Waals surface area contributed by atoms with Gasteiger partial charge in [0.25, 0.3) is 5.91 Å². The average molecular weight is 345 g/mol. The van der Waals surface area contributed by atoms with E-state index in [0.717, 1.165) is 16.3 Å². The maximum absolute atomic E-state index is 12.3. The van der Waals surface area contributed by atoms with Crippen LogP contribution in [0, 0.1) is 6.92 Å². The van der Waals surface area contributed by atoms with Gasteiger partial charge in [-0.2, -0.15) is 5.10 Å². The summed E-state index contributed by atoms with van der Waals surface area (Å²) in [5, 5.41) is 20.2. The van der Waals surface area contributed by atoms with Gasteiger partial charge in [0.05, 0.1) is 23.4 Å². The van der Waals surface area contributed by atoms with Crippen LogP contribution in [0.3, 0.4) is 0 Å². The van der Waals surface area contributed by atoms with Gasteiger partial charge in [-0.05, 0) is 19.9 Å². The molecule has 1 amide bonds. The number of carbonyl (C=O) groups excluding carboxylic acids is 1. The number of hydrogen-bond donors (Lipinski definition) is 3.